The molecule has 0 radical (unpaired) electrons. The van der Waals surface area contributed by atoms with E-state index in [0.29, 0.717) is 26.4 Å². The quantitative estimate of drug-likeness (QED) is 0.717. The van der Waals surface area contributed by atoms with E-state index in [2.05, 4.69) is 49.0 Å². The van der Waals surface area contributed by atoms with Crippen LogP contribution in [0.25, 0.3) is 0 Å². The summed E-state index contributed by atoms with van der Waals surface area (Å²) in [6.45, 7) is 13.7. The van der Waals surface area contributed by atoms with Gasteiger partial charge < -0.3 is 9.64 Å². The fraction of sp³-hybridized carbons (Fsp3) is 0.667. The van der Waals surface area contributed by atoms with Gasteiger partial charge in [-0.05, 0) is 37.0 Å². The number of anilines is 2. The number of morpholine rings is 1. The number of benzene rings is 1. The van der Waals surface area contributed by atoms with Crippen molar-refractivity contribution in [1.29, 1.82) is 0 Å². The molecule has 142 valence electrons. The van der Waals surface area contributed by atoms with Gasteiger partial charge in [0.1, 0.15) is 0 Å². The molecular weight excluding hydrogens is 339 g/mol. The van der Waals surface area contributed by atoms with Gasteiger partial charge in [0.25, 0.3) is 0 Å². The first-order chi connectivity index (χ1) is 11.8. The number of nitrogens with zero attached hydrogens (tertiary/aromatic N) is 1. The Balaban J connectivity index is 2.41. The zero-order chi connectivity index (χ0) is 18.5. The Labute approximate surface area is 151 Å². The molecule has 1 fully saturated rings. The third-order valence-electron chi connectivity index (χ3n) is 4.07. The van der Waals surface area contributed by atoms with Crippen molar-refractivity contribution in [3.8, 4) is 0 Å². The fourth-order valence-electron chi connectivity index (χ4n) is 2.76. The maximum atomic E-state index is 13.0. The van der Waals surface area contributed by atoms with Gasteiger partial charge in [0.05, 0.1) is 37.8 Å². The lowest BCUT2D eigenvalue weighted by Crippen LogP contribution is -2.36. The number of nitrogens with one attached hydrogen (secondary N) is 1. The van der Waals surface area contributed by atoms with Crippen LogP contribution in [-0.4, -0.2) is 39.5 Å². The van der Waals surface area contributed by atoms with E-state index in [1.54, 1.807) is 0 Å². The fourth-order valence-corrected chi connectivity index (χ4v) is 4.12. The minimum Gasteiger partial charge on any atom is -0.378 e. The van der Waals surface area contributed by atoms with Crippen LogP contribution in [0.4, 0.5) is 11.4 Å². The number of ether oxygens (including phenoxy) is 1. The van der Waals surface area contributed by atoms with E-state index in [0.717, 1.165) is 30.0 Å². The third kappa shape index (κ3) is 5.45. The predicted octanol–water partition coefficient (Wildman–Crippen LogP) is 4.41. The van der Waals surface area contributed by atoms with Crippen LogP contribution >= 0.6 is 7.75 Å². The van der Waals surface area contributed by atoms with Gasteiger partial charge in [-0.3, -0.25) is 14.1 Å². The van der Waals surface area contributed by atoms with Crippen molar-refractivity contribution in [3.05, 3.63) is 23.8 Å². The molecule has 2 rings (SSSR count). The second-order valence-electron chi connectivity index (χ2n) is 7.03. The topological polar surface area (TPSA) is 60.0 Å². The Bertz CT molecular complexity index is 600. The van der Waals surface area contributed by atoms with Crippen LogP contribution in [0.5, 0.6) is 0 Å². The molecule has 1 aliphatic rings. The summed E-state index contributed by atoms with van der Waals surface area (Å²) in [6.07, 6.45) is 0. The molecule has 7 heteroatoms. The molecule has 0 atom stereocenters. The Morgan fingerprint density at radius 2 is 1.76 bits per heavy atom. The van der Waals surface area contributed by atoms with Crippen LogP contribution in [0.15, 0.2) is 18.2 Å². The lowest BCUT2D eigenvalue weighted by molar-refractivity contribution is 0.123. The molecule has 25 heavy (non-hydrogen) atoms. The second kappa shape index (κ2) is 8.54. The van der Waals surface area contributed by atoms with Crippen molar-refractivity contribution in [3.63, 3.8) is 0 Å². The Morgan fingerprint density at radius 3 is 2.28 bits per heavy atom. The smallest absolute Gasteiger partial charge is 0.378 e. The maximum Gasteiger partial charge on any atom is 0.432 e. The SMILES string of the molecule is CCOP(=O)(Nc1cc(C(C)(C)C)ccc1N1CCOCC1)OCC. The molecule has 0 spiro atoms. The Morgan fingerprint density at radius 1 is 1.16 bits per heavy atom. The first-order valence-corrected chi connectivity index (χ1v) is 10.5. The largest absolute Gasteiger partial charge is 0.432 e. The summed E-state index contributed by atoms with van der Waals surface area (Å²) in [5, 5.41) is 3.06. The van der Waals surface area contributed by atoms with E-state index in [1.165, 1.54) is 0 Å². The Hall–Kier alpha value is -1.07. The van der Waals surface area contributed by atoms with E-state index in [9.17, 15) is 4.57 Å². The molecule has 0 bridgehead atoms. The first-order valence-electron chi connectivity index (χ1n) is 8.93. The van der Waals surface area contributed by atoms with Gasteiger partial charge in [-0.25, -0.2) is 4.57 Å². The minimum absolute atomic E-state index is 0.0127. The summed E-state index contributed by atoms with van der Waals surface area (Å²) in [5.41, 5.74) is 2.92. The van der Waals surface area contributed by atoms with Gasteiger partial charge in [0.15, 0.2) is 0 Å². The highest BCUT2D eigenvalue weighted by Gasteiger charge is 2.27. The van der Waals surface area contributed by atoms with Gasteiger partial charge in [0, 0.05) is 13.1 Å². The first kappa shape index (κ1) is 20.2. The van der Waals surface area contributed by atoms with E-state index in [1.807, 2.05) is 13.8 Å². The van der Waals surface area contributed by atoms with Crippen molar-refractivity contribution in [2.75, 3.05) is 49.5 Å². The van der Waals surface area contributed by atoms with Gasteiger partial charge in [0.2, 0.25) is 0 Å². The summed E-state index contributed by atoms with van der Waals surface area (Å²) in [4.78, 5) is 2.24. The van der Waals surface area contributed by atoms with Crippen LogP contribution in [0.1, 0.15) is 40.2 Å². The minimum atomic E-state index is -3.40. The van der Waals surface area contributed by atoms with Gasteiger partial charge in [-0.1, -0.05) is 26.8 Å². The molecule has 6 nitrogen and oxygen atoms in total. The summed E-state index contributed by atoms with van der Waals surface area (Å²) >= 11 is 0. The van der Waals surface area contributed by atoms with Gasteiger partial charge >= 0.3 is 7.75 Å². The lowest BCUT2D eigenvalue weighted by Gasteiger charge is -2.32. The van der Waals surface area contributed by atoms with Crippen molar-refractivity contribution in [1.82, 2.24) is 0 Å². The summed E-state index contributed by atoms with van der Waals surface area (Å²) in [5.74, 6) is 0. The Kier molecular flexibility index (Phi) is 6.92. The van der Waals surface area contributed by atoms with Crippen molar-refractivity contribution in [2.24, 2.45) is 0 Å². The van der Waals surface area contributed by atoms with Crippen LogP contribution < -0.4 is 9.99 Å². The molecular formula is C18H31N2O4P. The molecule has 0 amide bonds. The van der Waals surface area contributed by atoms with Crippen LogP contribution in [0, 0.1) is 0 Å². The molecule has 0 unspecified atom stereocenters. The molecule has 1 heterocycles. The average molecular weight is 370 g/mol. The molecule has 0 aromatic heterocycles. The van der Waals surface area contributed by atoms with Gasteiger partial charge in [-0.2, -0.15) is 0 Å². The average Bonchev–Trinajstić information content (AvgIpc) is 2.55. The highest BCUT2D eigenvalue weighted by atomic mass is 31.2. The molecule has 1 N–H and O–H groups in total. The van der Waals surface area contributed by atoms with Crippen LogP contribution in [-0.2, 0) is 23.8 Å². The highest BCUT2D eigenvalue weighted by molar-refractivity contribution is 7.55. The lowest BCUT2D eigenvalue weighted by atomic mass is 9.86. The molecule has 1 aliphatic heterocycles. The maximum absolute atomic E-state index is 13.0. The zero-order valence-corrected chi connectivity index (χ0v) is 16.9. The highest BCUT2D eigenvalue weighted by Crippen LogP contribution is 2.50. The molecule has 1 saturated heterocycles. The van der Waals surface area contributed by atoms with E-state index in [-0.39, 0.29) is 5.41 Å². The zero-order valence-electron chi connectivity index (χ0n) is 16.0. The van der Waals surface area contributed by atoms with Crippen molar-refractivity contribution >= 4 is 19.1 Å². The van der Waals surface area contributed by atoms with Crippen molar-refractivity contribution < 1.29 is 18.3 Å². The third-order valence-corrected chi connectivity index (χ3v) is 5.78. The van der Waals surface area contributed by atoms with E-state index in [4.69, 9.17) is 13.8 Å². The van der Waals surface area contributed by atoms with E-state index < -0.39 is 7.75 Å². The molecule has 1 aromatic carbocycles. The molecule has 0 saturated carbocycles. The summed E-state index contributed by atoms with van der Waals surface area (Å²) < 4.78 is 29.3. The number of rotatable bonds is 7. The normalized spacial score (nSPS) is 16.1. The number of hydrogen-bond donors (Lipinski definition) is 1. The standard InChI is InChI=1S/C18H31N2O4P/c1-6-23-25(21,24-7-2)19-16-14-15(18(3,4)5)8-9-17(16)20-10-12-22-13-11-20/h8-9,14H,6-7,10-13H2,1-5H3,(H,19,21). The predicted molar refractivity (Wildman–Crippen MR) is 103 cm³/mol. The van der Waals surface area contributed by atoms with Crippen LogP contribution in [0.3, 0.4) is 0 Å². The number of hydrogen-bond acceptors (Lipinski definition) is 5. The van der Waals surface area contributed by atoms with Crippen molar-refractivity contribution in [2.45, 2.75) is 40.0 Å². The summed E-state index contributed by atoms with van der Waals surface area (Å²) in [7, 11) is -3.40. The second-order valence-corrected chi connectivity index (χ2v) is 8.76. The monoisotopic (exact) mass is 370 g/mol. The summed E-state index contributed by atoms with van der Waals surface area (Å²) in [6, 6.07) is 6.26. The molecule has 1 aromatic rings. The van der Waals surface area contributed by atoms with E-state index >= 15 is 0 Å². The van der Waals surface area contributed by atoms with Crippen LogP contribution in [0.2, 0.25) is 0 Å². The van der Waals surface area contributed by atoms with Gasteiger partial charge in [-0.15, -0.1) is 0 Å². The molecule has 0 aliphatic carbocycles.